The maximum absolute atomic E-state index is 8.75. The highest BCUT2D eigenvalue weighted by Crippen LogP contribution is 2.28. The van der Waals surface area contributed by atoms with Gasteiger partial charge in [-0.25, -0.2) is 0 Å². The molecule has 0 saturated carbocycles. The van der Waals surface area contributed by atoms with Crippen LogP contribution in [0.15, 0.2) is 12.1 Å². The molecule has 111 valence electrons. The van der Waals surface area contributed by atoms with Crippen molar-refractivity contribution in [3.63, 3.8) is 0 Å². The van der Waals surface area contributed by atoms with E-state index in [0.29, 0.717) is 19.4 Å². The number of hydrogen-bond acceptors (Lipinski definition) is 3. The van der Waals surface area contributed by atoms with E-state index >= 15 is 0 Å². The number of ether oxygens (including phenoxy) is 1. The van der Waals surface area contributed by atoms with Gasteiger partial charge in [0.1, 0.15) is 11.5 Å². The van der Waals surface area contributed by atoms with E-state index < -0.39 is 0 Å². The van der Waals surface area contributed by atoms with Gasteiger partial charge in [-0.1, -0.05) is 33.1 Å². The van der Waals surface area contributed by atoms with E-state index in [2.05, 4.69) is 13.8 Å². The van der Waals surface area contributed by atoms with Crippen LogP contribution < -0.4 is 9.39 Å². The number of rotatable bonds is 9. The van der Waals surface area contributed by atoms with Gasteiger partial charge in [0.05, 0.1) is 6.61 Å². The van der Waals surface area contributed by atoms with Gasteiger partial charge in [-0.05, 0) is 49.4 Å². The molecule has 0 fully saturated rings. The van der Waals surface area contributed by atoms with Crippen LogP contribution in [0.1, 0.15) is 50.7 Å². The lowest BCUT2D eigenvalue weighted by atomic mass is 10.0. The van der Waals surface area contributed by atoms with Gasteiger partial charge in [0, 0.05) is 0 Å². The molecule has 1 unspecified atom stereocenters. The molecule has 0 bridgehead atoms. The summed E-state index contributed by atoms with van der Waals surface area (Å²) in [5.74, 6) is 2.19. The smallest absolute Gasteiger partial charge is 0.537 e. The molecule has 1 rings (SSSR count). The molecule has 0 aliphatic heterocycles. The zero-order valence-electron chi connectivity index (χ0n) is 13.1. The van der Waals surface area contributed by atoms with Gasteiger partial charge >= 0.3 is 7.69 Å². The zero-order valence-corrected chi connectivity index (χ0v) is 13.1. The lowest BCUT2D eigenvalue weighted by Gasteiger charge is -2.17. The Kier molecular flexibility index (Phi) is 7.52. The fraction of sp³-hybridized carbons (Fsp3) is 0.625. The summed E-state index contributed by atoms with van der Waals surface area (Å²) in [5, 5.41) is 8.75. The molecule has 0 aromatic heterocycles. The first-order valence-corrected chi connectivity index (χ1v) is 7.48. The maximum atomic E-state index is 8.75. The minimum Gasteiger partial charge on any atom is -0.537 e. The van der Waals surface area contributed by atoms with Crippen LogP contribution in [0.2, 0.25) is 0 Å². The highest BCUT2D eigenvalue weighted by atomic mass is 16.5. The molecule has 0 aliphatic rings. The van der Waals surface area contributed by atoms with E-state index in [9.17, 15) is 0 Å². The standard InChI is InChI=1S/C16H26BO3/c1-5-7-8-14(6-2)11-19-15-9-12(3)16(20-17-18)13(4)10-15/h9-10,14,18H,5-8,11H2,1-4H3. The monoisotopic (exact) mass is 277 g/mol. The van der Waals surface area contributed by atoms with Crippen molar-refractivity contribution in [2.75, 3.05) is 6.61 Å². The minimum atomic E-state index is 0.622. The van der Waals surface area contributed by atoms with Crippen LogP contribution in [0.25, 0.3) is 0 Å². The second-order valence-corrected chi connectivity index (χ2v) is 5.34. The molecule has 0 heterocycles. The summed E-state index contributed by atoms with van der Waals surface area (Å²) in [6.45, 7) is 9.10. The Morgan fingerprint density at radius 1 is 1.20 bits per heavy atom. The third-order valence-electron chi connectivity index (χ3n) is 3.63. The second kappa shape index (κ2) is 8.91. The molecule has 0 saturated heterocycles. The average molecular weight is 277 g/mol. The van der Waals surface area contributed by atoms with Crippen molar-refractivity contribution in [3.8, 4) is 11.5 Å². The Morgan fingerprint density at radius 2 is 1.85 bits per heavy atom. The molecule has 1 aromatic rings. The van der Waals surface area contributed by atoms with Gasteiger partial charge in [-0.3, -0.25) is 0 Å². The van der Waals surface area contributed by atoms with E-state index in [0.717, 1.165) is 29.9 Å². The van der Waals surface area contributed by atoms with E-state index in [1.165, 1.54) is 19.3 Å². The van der Waals surface area contributed by atoms with Gasteiger partial charge in [0.2, 0.25) is 0 Å². The number of unbranched alkanes of at least 4 members (excludes halogenated alkanes) is 1. The van der Waals surface area contributed by atoms with Crippen molar-refractivity contribution in [3.05, 3.63) is 23.3 Å². The molecular formula is C16H26BO3. The quantitative estimate of drug-likeness (QED) is 0.698. The Labute approximate surface area is 123 Å². The van der Waals surface area contributed by atoms with Crippen molar-refractivity contribution >= 4 is 7.69 Å². The molecule has 20 heavy (non-hydrogen) atoms. The zero-order chi connectivity index (χ0) is 15.0. The second-order valence-electron chi connectivity index (χ2n) is 5.34. The normalized spacial score (nSPS) is 12.1. The Balaban J connectivity index is 2.64. The Bertz CT molecular complexity index is 384. The summed E-state index contributed by atoms with van der Waals surface area (Å²) in [4.78, 5) is 0. The lowest BCUT2D eigenvalue weighted by Crippen LogP contribution is -2.11. The minimum absolute atomic E-state index is 0.622. The average Bonchev–Trinajstić information content (AvgIpc) is 2.43. The Morgan fingerprint density at radius 3 is 2.35 bits per heavy atom. The molecule has 1 N–H and O–H groups in total. The molecule has 1 atom stereocenters. The van der Waals surface area contributed by atoms with Crippen molar-refractivity contribution in [1.82, 2.24) is 0 Å². The summed E-state index contributed by atoms with van der Waals surface area (Å²) in [7, 11) is 0.716. The van der Waals surface area contributed by atoms with Crippen molar-refractivity contribution in [2.45, 2.75) is 53.4 Å². The molecule has 1 radical (unpaired) electrons. The number of aryl methyl sites for hydroxylation is 2. The van der Waals surface area contributed by atoms with E-state index in [4.69, 9.17) is 14.4 Å². The van der Waals surface area contributed by atoms with Crippen molar-refractivity contribution in [1.29, 1.82) is 0 Å². The highest BCUT2D eigenvalue weighted by molar-refractivity contribution is 6.17. The molecule has 0 spiro atoms. The Hall–Kier alpha value is -1.16. The molecule has 4 heteroatoms. The predicted octanol–water partition coefficient (Wildman–Crippen LogP) is 3.80. The van der Waals surface area contributed by atoms with Crippen LogP contribution >= 0.6 is 0 Å². The van der Waals surface area contributed by atoms with E-state index in [1.54, 1.807) is 0 Å². The molecule has 0 amide bonds. The first-order valence-electron chi connectivity index (χ1n) is 7.48. The summed E-state index contributed by atoms with van der Waals surface area (Å²) < 4.78 is 11.0. The maximum Gasteiger partial charge on any atom is 0.569 e. The SMILES string of the molecule is CCCCC(CC)COc1cc(C)c(O[B]O)c(C)c1. The first kappa shape index (κ1) is 16.9. The lowest BCUT2D eigenvalue weighted by molar-refractivity contribution is 0.233. The first-order chi connectivity index (χ1) is 9.62. The molecule has 3 nitrogen and oxygen atoms in total. The van der Waals surface area contributed by atoms with Crippen LogP contribution in [0.3, 0.4) is 0 Å². The summed E-state index contributed by atoms with van der Waals surface area (Å²) in [6.07, 6.45) is 4.88. The topological polar surface area (TPSA) is 38.7 Å². The largest absolute Gasteiger partial charge is 0.569 e. The summed E-state index contributed by atoms with van der Waals surface area (Å²) in [6, 6.07) is 3.91. The highest BCUT2D eigenvalue weighted by Gasteiger charge is 2.10. The van der Waals surface area contributed by atoms with Crippen LogP contribution in [0.5, 0.6) is 11.5 Å². The number of benzene rings is 1. The predicted molar refractivity (Wildman–Crippen MR) is 83.3 cm³/mol. The van der Waals surface area contributed by atoms with Gasteiger partial charge in [-0.2, -0.15) is 0 Å². The van der Waals surface area contributed by atoms with Crippen LogP contribution in [-0.4, -0.2) is 19.3 Å². The van der Waals surface area contributed by atoms with Gasteiger partial charge < -0.3 is 14.4 Å². The van der Waals surface area contributed by atoms with Crippen molar-refractivity contribution in [2.24, 2.45) is 5.92 Å². The van der Waals surface area contributed by atoms with Gasteiger partial charge in [0.25, 0.3) is 0 Å². The van der Waals surface area contributed by atoms with Gasteiger partial charge in [-0.15, -0.1) is 0 Å². The number of hydrogen-bond donors (Lipinski definition) is 1. The van der Waals surface area contributed by atoms with E-state index in [-0.39, 0.29) is 0 Å². The fourth-order valence-electron chi connectivity index (χ4n) is 2.34. The van der Waals surface area contributed by atoms with Crippen LogP contribution in [0, 0.1) is 19.8 Å². The molecule has 1 aromatic carbocycles. The molecular weight excluding hydrogens is 251 g/mol. The van der Waals surface area contributed by atoms with Crippen LogP contribution in [-0.2, 0) is 0 Å². The molecule has 0 aliphatic carbocycles. The van der Waals surface area contributed by atoms with E-state index in [1.807, 2.05) is 26.0 Å². The fourth-order valence-corrected chi connectivity index (χ4v) is 2.34. The third-order valence-corrected chi connectivity index (χ3v) is 3.63. The van der Waals surface area contributed by atoms with Gasteiger partial charge in [0.15, 0.2) is 0 Å². The van der Waals surface area contributed by atoms with Crippen LogP contribution in [0.4, 0.5) is 0 Å². The third kappa shape index (κ3) is 5.08. The van der Waals surface area contributed by atoms with Crippen molar-refractivity contribution < 1.29 is 14.4 Å². The summed E-state index contributed by atoms with van der Waals surface area (Å²) in [5.41, 5.74) is 1.93. The summed E-state index contributed by atoms with van der Waals surface area (Å²) >= 11 is 0.